The molecule has 166 valence electrons. The van der Waals surface area contributed by atoms with Crippen molar-refractivity contribution in [2.75, 3.05) is 10.6 Å². The SMILES string of the molecule is Cn1cc(NC(=O)OC2CCc3c(sc4ncnc(Nc5ccc6[nH]ncc6c5)c34)C2)cn1. The summed E-state index contributed by atoms with van der Waals surface area (Å²) in [6, 6.07) is 6.03. The van der Waals surface area contributed by atoms with E-state index in [-0.39, 0.29) is 6.10 Å². The Morgan fingerprint density at radius 3 is 3.09 bits per heavy atom. The number of nitrogens with one attached hydrogen (secondary N) is 3. The van der Waals surface area contributed by atoms with Gasteiger partial charge in [-0.2, -0.15) is 10.2 Å². The highest BCUT2D eigenvalue weighted by Crippen LogP contribution is 2.39. The largest absolute Gasteiger partial charge is 0.446 e. The van der Waals surface area contributed by atoms with E-state index >= 15 is 0 Å². The van der Waals surface area contributed by atoms with Gasteiger partial charge in [0.05, 0.1) is 29.0 Å². The second-order valence-corrected chi connectivity index (χ2v) is 9.08. The van der Waals surface area contributed by atoms with Gasteiger partial charge in [0.1, 0.15) is 23.1 Å². The fourth-order valence-corrected chi connectivity index (χ4v) is 5.47. The number of benzene rings is 1. The minimum atomic E-state index is -0.464. The van der Waals surface area contributed by atoms with Crippen LogP contribution in [0.5, 0.6) is 0 Å². The lowest BCUT2D eigenvalue weighted by atomic mass is 9.94. The average molecular weight is 461 g/mol. The van der Waals surface area contributed by atoms with Crippen molar-refractivity contribution < 1.29 is 9.53 Å². The number of H-pyrrole nitrogens is 1. The molecule has 10 nitrogen and oxygen atoms in total. The van der Waals surface area contributed by atoms with E-state index < -0.39 is 6.09 Å². The molecule has 6 rings (SSSR count). The fraction of sp³-hybridized carbons (Fsp3) is 0.227. The van der Waals surface area contributed by atoms with Crippen LogP contribution < -0.4 is 10.6 Å². The van der Waals surface area contributed by atoms with Crippen LogP contribution in [0.1, 0.15) is 16.9 Å². The van der Waals surface area contributed by atoms with E-state index in [1.54, 1.807) is 48.0 Å². The Bertz CT molecular complexity index is 1490. The van der Waals surface area contributed by atoms with Gasteiger partial charge in [0.15, 0.2) is 0 Å². The molecule has 0 saturated carbocycles. The van der Waals surface area contributed by atoms with Gasteiger partial charge in [-0.1, -0.05) is 0 Å². The standard InChI is InChI=1S/C22H20N8O2S/c1-30-10-14(9-26-30)28-22(31)32-15-3-4-16-18(7-15)33-21-19(16)20(23-11-24-21)27-13-2-5-17-12(6-13)8-25-29-17/h2,5-6,8-11,15H,3-4,7H2,1H3,(H,25,29)(H,28,31)(H,23,24,27). The normalized spacial score (nSPS) is 15.5. The van der Waals surface area contributed by atoms with E-state index in [0.717, 1.165) is 45.5 Å². The summed E-state index contributed by atoms with van der Waals surface area (Å²) in [5.41, 5.74) is 3.77. The topological polar surface area (TPSA) is 123 Å². The molecule has 11 heteroatoms. The molecule has 4 aromatic heterocycles. The first-order valence-corrected chi connectivity index (χ1v) is 11.4. The number of nitrogens with zero attached hydrogens (tertiary/aromatic N) is 5. The molecule has 1 aliphatic rings. The number of carbonyl (C=O) groups excluding carboxylic acids is 1. The van der Waals surface area contributed by atoms with Gasteiger partial charge in [-0.3, -0.25) is 15.1 Å². The highest BCUT2D eigenvalue weighted by molar-refractivity contribution is 7.19. The van der Waals surface area contributed by atoms with E-state index in [2.05, 4.69) is 35.9 Å². The molecule has 3 N–H and O–H groups in total. The first-order valence-electron chi connectivity index (χ1n) is 10.5. The van der Waals surface area contributed by atoms with Crippen LogP contribution in [0.25, 0.3) is 21.1 Å². The molecule has 0 radical (unpaired) electrons. The molecule has 0 saturated heterocycles. The maximum absolute atomic E-state index is 12.3. The van der Waals surface area contributed by atoms with Crippen molar-refractivity contribution in [2.24, 2.45) is 7.05 Å². The van der Waals surface area contributed by atoms with Gasteiger partial charge in [0.25, 0.3) is 0 Å². The Morgan fingerprint density at radius 2 is 2.21 bits per heavy atom. The summed E-state index contributed by atoms with van der Waals surface area (Å²) in [6.07, 6.45) is 8.25. The number of ether oxygens (including phenoxy) is 1. The van der Waals surface area contributed by atoms with Gasteiger partial charge in [0, 0.05) is 35.6 Å². The zero-order valence-electron chi connectivity index (χ0n) is 17.7. The lowest BCUT2D eigenvalue weighted by Crippen LogP contribution is -2.27. The number of carbonyl (C=O) groups is 1. The summed E-state index contributed by atoms with van der Waals surface area (Å²) in [6.45, 7) is 0. The zero-order valence-corrected chi connectivity index (χ0v) is 18.5. The van der Waals surface area contributed by atoms with Crippen molar-refractivity contribution >= 4 is 55.7 Å². The minimum Gasteiger partial charge on any atom is -0.446 e. The van der Waals surface area contributed by atoms with E-state index in [9.17, 15) is 4.79 Å². The highest BCUT2D eigenvalue weighted by Gasteiger charge is 2.27. The Hall–Kier alpha value is -3.99. The molecule has 1 aliphatic carbocycles. The van der Waals surface area contributed by atoms with Crippen LogP contribution in [-0.2, 0) is 24.6 Å². The smallest absolute Gasteiger partial charge is 0.412 e. The van der Waals surface area contributed by atoms with Crippen molar-refractivity contribution in [3.63, 3.8) is 0 Å². The molecule has 5 aromatic rings. The van der Waals surface area contributed by atoms with E-state index in [1.807, 2.05) is 18.2 Å². The fourth-order valence-electron chi connectivity index (χ4n) is 4.22. The zero-order chi connectivity index (χ0) is 22.4. The maximum Gasteiger partial charge on any atom is 0.412 e. The van der Waals surface area contributed by atoms with Gasteiger partial charge in [-0.25, -0.2) is 14.8 Å². The number of aromatic nitrogens is 6. The van der Waals surface area contributed by atoms with E-state index in [1.165, 1.54) is 10.4 Å². The third kappa shape index (κ3) is 3.76. The number of anilines is 3. The van der Waals surface area contributed by atoms with Crippen LogP contribution in [0.2, 0.25) is 0 Å². The third-order valence-electron chi connectivity index (χ3n) is 5.73. The van der Waals surface area contributed by atoms with Crippen molar-refractivity contribution in [3.05, 3.63) is 53.6 Å². The molecular weight excluding hydrogens is 440 g/mol. The monoisotopic (exact) mass is 460 g/mol. The first-order chi connectivity index (χ1) is 16.1. The van der Waals surface area contributed by atoms with E-state index in [0.29, 0.717) is 12.1 Å². The molecule has 33 heavy (non-hydrogen) atoms. The van der Waals surface area contributed by atoms with Crippen molar-refractivity contribution in [3.8, 4) is 0 Å². The number of aryl methyl sites for hydroxylation is 2. The van der Waals surface area contributed by atoms with Gasteiger partial charge in [-0.05, 0) is 36.6 Å². The maximum atomic E-state index is 12.3. The van der Waals surface area contributed by atoms with Crippen LogP contribution in [-0.4, -0.2) is 42.1 Å². The summed E-state index contributed by atoms with van der Waals surface area (Å²) in [5, 5.41) is 19.3. The quantitative estimate of drug-likeness (QED) is 0.368. The lowest BCUT2D eigenvalue weighted by molar-refractivity contribution is 0.103. The van der Waals surface area contributed by atoms with Gasteiger partial charge in [0.2, 0.25) is 0 Å². The summed E-state index contributed by atoms with van der Waals surface area (Å²) in [7, 11) is 1.79. The number of hydrogen-bond donors (Lipinski definition) is 3. The van der Waals surface area contributed by atoms with Gasteiger partial charge in [-0.15, -0.1) is 11.3 Å². The van der Waals surface area contributed by atoms with Gasteiger partial charge >= 0.3 is 6.09 Å². The summed E-state index contributed by atoms with van der Waals surface area (Å²) in [4.78, 5) is 23.4. The molecule has 1 atom stereocenters. The number of aromatic amines is 1. The average Bonchev–Trinajstić information content (AvgIpc) is 3.51. The Labute approximate surface area is 192 Å². The van der Waals surface area contributed by atoms with E-state index in [4.69, 9.17) is 4.74 Å². The van der Waals surface area contributed by atoms with Crippen molar-refractivity contribution in [1.82, 2.24) is 29.9 Å². The number of thiophene rings is 1. The predicted molar refractivity (Wildman–Crippen MR) is 126 cm³/mol. The lowest BCUT2D eigenvalue weighted by Gasteiger charge is -2.22. The molecule has 0 bridgehead atoms. The van der Waals surface area contributed by atoms with Crippen LogP contribution in [0.4, 0.5) is 22.0 Å². The first kappa shape index (κ1) is 19.7. The Morgan fingerprint density at radius 1 is 1.27 bits per heavy atom. The molecule has 0 fully saturated rings. The number of fused-ring (bicyclic) bond motifs is 4. The second kappa shape index (κ2) is 7.85. The Kier molecular flexibility index (Phi) is 4.68. The number of rotatable bonds is 4. The van der Waals surface area contributed by atoms with Gasteiger partial charge < -0.3 is 10.1 Å². The summed E-state index contributed by atoms with van der Waals surface area (Å²) >= 11 is 1.64. The Balaban J connectivity index is 1.22. The van der Waals surface area contributed by atoms with Crippen LogP contribution in [0.3, 0.4) is 0 Å². The highest BCUT2D eigenvalue weighted by atomic mass is 32.1. The summed E-state index contributed by atoms with van der Waals surface area (Å²) in [5.74, 6) is 0.786. The van der Waals surface area contributed by atoms with Crippen LogP contribution in [0.15, 0.2) is 43.1 Å². The molecule has 1 amide bonds. The van der Waals surface area contributed by atoms with Crippen molar-refractivity contribution in [2.45, 2.75) is 25.4 Å². The van der Waals surface area contributed by atoms with Crippen molar-refractivity contribution in [1.29, 1.82) is 0 Å². The predicted octanol–water partition coefficient (Wildman–Crippen LogP) is 4.15. The molecule has 1 unspecified atom stereocenters. The minimum absolute atomic E-state index is 0.185. The number of amides is 1. The molecule has 0 aliphatic heterocycles. The molecule has 0 spiro atoms. The van der Waals surface area contributed by atoms with Crippen LogP contribution >= 0.6 is 11.3 Å². The molecule has 1 aromatic carbocycles. The summed E-state index contributed by atoms with van der Waals surface area (Å²) < 4.78 is 7.30. The second-order valence-electron chi connectivity index (χ2n) is 8.00. The third-order valence-corrected chi connectivity index (χ3v) is 6.89. The number of hydrogen-bond acceptors (Lipinski definition) is 8. The molecule has 4 heterocycles. The van der Waals surface area contributed by atoms with Crippen LogP contribution in [0, 0.1) is 0 Å². The molecular formula is C22H20N8O2S.